The third-order valence-electron chi connectivity index (χ3n) is 13.6. The summed E-state index contributed by atoms with van der Waals surface area (Å²) < 4.78 is 15.0. The van der Waals surface area contributed by atoms with Gasteiger partial charge < -0.3 is 29.4 Å². The molecule has 1 aromatic heterocycles. The van der Waals surface area contributed by atoms with Crippen LogP contribution in [0, 0.1) is 0 Å². The molecule has 8 aromatic carbocycles. The van der Waals surface area contributed by atoms with Crippen LogP contribution in [0.2, 0.25) is 0 Å². The van der Waals surface area contributed by atoms with Crippen molar-refractivity contribution >= 4 is 86.4 Å². The van der Waals surface area contributed by atoms with Gasteiger partial charge in [0.25, 0.3) is 0 Å². The Morgan fingerprint density at radius 1 is 0.638 bits per heavy atom. The molecule has 3 aliphatic carbocycles. The van der Waals surface area contributed by atoms with E-state index in [2.05, 4.69) is 41.0 Å². The first-order valence-electron chi connectivity index (χ1n) is 17.3. The first kappa shape index (κ1) is 24.2. The van der Waals surface area contributed by atoms with Crippen LogP contribution in [-0.2, 0) is 41.7 Å². The lowest BCUT2D eigenvalue weighted by atomic mass is 9.74. The highest BCUT2D eigenvalue weighted by molar-refractivity contribution is 6.55. The summed E-state index contributed by atoms with van der Waals surface area (Å²) in [6.45, 7) is 0.906. The topological polar surface area (TPSA) is 84.1 Å². The molecule has 9 aromatic rings. The van der Waals surface area contributed by atoms with E-state index in [0.717, 1.165) is 25.7 Å². The van der Waals surface area contributed by atoms with Crippen molar-refractivity contribution < 1.29 is 24.8 Å². The number of pyridine rings is 1. The van der Waals surface area contributed by atoms with Crippen LogP contribution in [0.5, 0.6) is 0 Å². The highest BCUT2D eigenvalue weighted by Gasteiger charge is 2.61. The van der Waals surface area contributed by atoms with Crippen molar-refractivity contribution in [2.75, 3.05) is 13.2 Å². The van der Waals surface area contributed by atoms with Gasteiger partial charge >= 0.3 is 0 Å². The minimum Gasteiger partial charge on any atom is -0.387 e. The highest BCUT2D eigenvalue weighted by atomic mass is 16.7. The van der Waals surface area contributed by atoms with Gasteiger partial charge in [-0.15, -0.1) is 0 Å². The lowest BCUT2D eigenvalue weighted by Gasteiger charge is -2.55. The molecule has 2 unspecified atom stereocenters. The summed E-state index contributed by atoms with van der Waals surface area (Å²) in [6, 6.07) is 14.7. The molecule has 6 aliphatic rings. The number of hydrogen-bond donors (Lipinski definition) is 3. The molecule has 4 bridgehead atoms. The first-order valence-corrected chi connectivity index (χ1v) is 17.3. The maximum Gasteiger partial charge on any atom is 0.197 e. The number of aryl methyl sites for hydroxylation is 2. The second kappa shape index (κ2) is 7.05. The number of fused-ring (bicyclic) bond motifs is 3. The average Bonchev–Trinajstić information content (AvgIpc) is 3.72. The molecule has 47 heavy (non-hydrogen) atoms. The summed E-state index contributed by atoms with van der Waals surface area (Å²) in [4.78, 5) is 0. The van der Waals surface area contributed by atoms with E-state index in [9.17, 15) is 15.3 Å². The third kappa shape index (κ3) is 2.29. The zero-order valence-corrected chi connectivity index (χ0v) is 25.6. The summed E-state index contributed by atoms with van der Waals surface area (Å²) in [6.07, 6.45) is 2.10. The Morgan fingerprint density at radius 2 is 1.17 bits per heavy atom. The number of benzene rings is 7. The van der Waals surface area contributed by atoms with Crippen molar-refractivity contribution in [2.45, 2.75) is 68.7 Å². The Balaban J connectivity index is 1.13. The molecule has 4 heterocycles. The molecule has 1 saturated carbocycles. The van der Waals surface area contributed by atoms with Crippen molar-refractivity contribution in [3.63, 3.8) is 0 Å². The number of aliphatic hydroxyl groups is 3. The molecule has 0 amide bonds. The quantitative estimate of drug-likeness (QED) is 0.159. The van der Waals surface area contributed by atoms with E-state index in [1.807, 2.05) is 0 Å². The second-order valence-corrected chi connectivity index (χ2v) is 15.6. The zero-order chi connectivity index (χ0) is 30.5. The van der Waals surface area contributed by atoms with Crippen LogP contribution in [0.25, 0.3) is 86.4 Å². The summed E-state index contributed by atoms with van der Waals surface area (Å²) in [5.41, 5.74) is 9.97. The van der Waals surface area contributed by atoms with Gasteiger partial charge in [0.2, 0.25) is 0 Å². The van der Waals surface area contributed by atoms with Gasteiger partial charge in [-0.2, -0.15) is 0 Å². The second-order valence-electron chi connectivity index (χ2n) is 15.6. The van der Waals surface area contributed by atoms with Crippen molar-refractivity contribution in [3.05, 3.63) is 69.8 Å². The van der Waals surface area contributed by atoms with Gasteiger partial charge in [0.05, 0.1) is 24.2 Å². The summed E-state index contributed by atoms with van der Waals surface area (Å²) >= 11 is 0. The Labute approximate surface area is 267 Å². The molecule has 4 atom stereocenters. The molecule has 3 N–H and O–H groups in total. The lowest BCUT2D eigenvalue weighted by molar-refractivity contribution is -0.390. The Kier molecular flexibility index (Phi) is 3.62. The van der Waals surface area contributed by atoms with Gasteiger partial charge in [-0.05, 0) is 119 Å². The fraction of sp³-hybridized carbons (Fsp3) is 0.317. The van der Waals surface area contributed by atoms with E-state index < -0.39 is 23.6 Å². The van der Waals surface area contributed by atoms with E-state index in [4.69, 9.17) is 9.47 Å². The Bertz CT molecular complexity index is 2770. The van der Waals surface area contributed by atoms with Crippen molar-refractivity contribution in [3.8, 4) is 0 Å². The van der Waals surface area contributed by atoms with E-state index >= 15 is 0 Å². The summed E-state index contributed by atoms with van der Waals surface area (Å²) in [5.74, 6) is -1.30. The van der Waals surface area contributed by atoms with Gasteiger partial charge in [0.1, 0.15) is 17.8 Å². The Hall–Kier alpha value is -4.04. The van der Waals surface area contributed by atoms with E-state index in [0.29, 0.717) is 26.0 Å². The summed E-state index contributed by atoms with van der Waals surface area (Å²) in [5, 5.41) is 52.9. The predicted octanol–water partition coefficient (Wildman–Crippen LogP) is 6.36. The molecule has 15 rings (SSSR count). The van der Waals surface area contributed by atoms with Crippen LogP contribution in [0.15, 0.2) is 36.4 Å². The molecule has 6 heteroatoms. The molecule has 2 saturated heterocycles. The number of ether oxygens (including phenoxy) is 2. The number of hydrogen-bond acceptors (Lipinski definition) is 5. The fourth-order valence-electron chi connectivity index (χ4n) is 11.8. The Morgan fingerprint density at radius 3 is 1.74 bits per heavy atom. The SMILES string of the molecule is O[C@@H]1[C@H](O)C2(O)CCC1(OCCn1c3c4cc5c6c7c(cc8ccc9cc%10c%11c%12c(cc(c1c%12c(c1c7c8c9c%111)c63)CC4)C%10)C5)OC2. The van der Waals surface area contributed by atoms with E-state index in [1.165, 1.54) is 120 Å². The van der Waals surface area contributed by atoms with Gasteiger partial charge in [0.15, 0.2) is 5.79 Å². The molecule has 0 radical (unpaired) electrons. The lowest BCUT2D eigenvalue weighted by Crippen LogP contribution is -2.72. The maximum absolute atomic E-state index is 11.0. The van der Waals surface area contributed by atoms with Gasteiger partial charge in [-0.25, -0.2) is 0 Å². The minimum atomic E-state index is -1.41. The van der Waals surface area contributed by atoms with Crippen molar-refractivity contribution in [1.82, 2.24) is 4.57 Å². The van der Waals surface area contributed by atoms with Gasteiger partial charge in [-0.1, -0.05) is 36.4 Å². The summed E-state index contributed by atoms with van der Waals surface area (Å²) in [7, 11) is 0. The van der Waals surface area contributed by atoms with Gasteiger partial charge in [-0.3, -0.25) is 0 Å². The third-order valence-corrected chi connectivity index (χ3v) is 13.6. The fourth-order valence-corrected chi connectivity index (χ4v) is 11.8. The normalized spacial score (nSPS) is 27.6. The standard InChI is InChI=1S/C41H29NO5/c43-38-39(44)41(6-5-40(38,45)15-47-41)46-8-7-42-36-18-3-4-19-12-23-14-21-10-17-2-1-16-9-20-13-22(11-18)28-26(20)30-24(16)25(17)31-27(21)29(23)35(37(19)42)33(32(30)31)34(28)36/h1-2,9-12,38-39,43-45H,3-8,13-15H2/t38-,39+,40?,41?/m0/s1. The molecule has 3 aliphatic heterocycles. The molecule has 3 fully saturated rings. The highest BCUT2D eigenvalue weighted by Crippen LogP contribution is 2.61. The monoisotopic (exact) mass is 615 g/mol. The van der Waals surface area contributed by atoms with E-state index in [-0.39, 0.29) is 6.61 Å². The minimum absolute atomic E-state index is 0.0312. The number of aliphatic hydroxyl groups excluding tert-OH is 2. The van der Waals surface area contributed by atoms with Crippen LogP contribution >= 0.6 is 0 Å². The molecular formula is C41H29NO5. The van der Waals surface area contributed by atoms with E-state index in [1.54, 1.807) is 0 Å². The number of rotatable bonds is 4. The first-order chi connectivity index (χ1) is 22.9. The maximum atomic E-state index is 11.0. The number of nitrogens with zero attached hydrogens (tertiary/aromatic N) is 1. The van der Waals surface area contributed by atoms with Crippen molar-refractivity contribution in [2.24, 2.45) is 0 Å². The molecule has 0 spiro atoms. The van der Waals surface area contributed by atoms with Crippen LogP contribution in [0.4, 0.5) is 0 Å². The zero-order valence-electron chi connectivity index (χ0n) is 25.6. The largest absolute Gasteiger partial charge is 0.387 e. The van der Waals surface area contributed by atoms with Gasteiger partial charge in [0, 0.05) is 34.5 Å². The van der Waals surface area contributed by atoms with Crippen LogP contribution in [-0.4, -0.2) is 56.7 Å². The van der Waals surface area contributed by atoms with Crippen LogP contribution in [0.3, 0.4) is 0 Å². The van der Waals surface area contributed by atoms with Crippen LogP contribution in [0.1, 0.15) is 46.2 Å². The molecule has 228 valence electrons. The molecule has 6 nitrogen and oxygen atoms in total. The molecular weight excluding hydrogens is 586 g/mol. The number of aromatic nitrogens is 1. The average molecular weight is 616 g/mol. The van der Waals surface area contributed by atoms with Crippen LogP contribution < -0.4 is 0 Å². The smallest absolute Gasteiger partial charge is 0.197 e. The van der Waals surface area contributed by atoms with Crippen molar-refractivity contribution in [1.29, 1.82) is 0 Å². The predicted molar refractivity (Wildman–Crippen MR) is 183 cm³/mol.